The summed E-state index contributed by atoms with van der Waals surface area (Å²) >= 11 is 0. The smallest absolute Gasteiger partial charge is 0.0129 e. The van der Waals surface area contributed by atoms with Crippen LogP contribution in [0.25, 0.3) is 0 Å². The third kappa shape index (κ3) is 4.13. The summed E-state index contributed by atoms with van der Waals surface area (Å²) in [5, 5.41) is 0. The first kappa shape index (κ1) is 9.22. The van der Waals surface area contributed by atoms with Crippen molar-refractivity contribution in [1.82, 2.24) is 0 Å². The van der Waals surface area contributed by atoms with Gasteiger partial charge in [-0.3, -0.25) is 0 Å². The maximum absolute atomic E-state index is 3.68. The summed E-state index contributed by atoms with van der Waals surface area (Å²) in [6.07, 6.45) is 8.71. The molecule has 0 saturated carbocycles. The van der Waals surface area contributed by atoms with Crippen LogP contribution in [0, 0.1) is 5.92 Å². The highest BCUT2D eigenvalue weighted by atomic mass is 14.0. The normalized spacial score (nSPS) is 9.30. The molecule has 0 N–H and O–H groups in total. The molecule has 0 aliphatic carbocycles. The van der Waals surface area contributed by atoms with Crippen molar-refractivity contribution in [2.45, 2.75) is 19.3 Å². The van der Waals surface area contributed by atoms with Crippen molar-refractivity contribution in [3.8, 4) is 0 Å². The average Bonchev–Trinajstić information content (AvgIpc) is 1.90. The molecule has 0 heterocycles. The predicted octanol–water partition coefficient (Wildman–Crippen LogP) is 3.29. The molecular formula is C10H15. The van der Waals surface area contributed by atoms with Crippen molar-refractivity contribution in [2.75, 3.05) is 0 Å². The molecule has 0 aliphatic heterocycles. The third-order valence-electron chi connectivity index (χ3n) is 1.30. The van der Waals surface area contributed by atoms with Crippen molar-refractivity contribution in [3.63, 3.8) is 0 Å². The Hall–Kier alpha value is -0.780. The standard InChI is InChI=1S/C10H15/c1-4-7-10(8-5-2)9-6-3/h4-6H,1-3,7-9H2. The molecule has 0 amide bonds. The summed E-state index contributed by atoms with van der Waals surface area (Å²) in [7, 11) is 0. The Bertz CT molecular complexity index is 87.4. The lowest BCUT2D eigenvalue weighted by atomic mass is 9.98. The molecule has 0 saturated heterocycles. The van der Waals surface area contributed by atoms with E-state index < -0.39 is 0 Å². The van der Waals surface area contributed by atoms with Gasteiger partial charge in [0.05, 0.1) is 0 Å². The van der Waals surface area contributed by atoms with Crippen LogP contribution in [0.3, 0.4) is 0 Å². The highest BCUT2D eigenvalue weighted by Gasteiger charge is 2.00. The van der Waals surface area contributed by atoms with Gasteiger partial charge in [0.25, 0.3) is 0 Å². The second-order valence-corrected chi connectivity index (χ2v) is 2.23. The van der Waals surface area contributed by atoms with Crippen LogP contribution in [0.2, 0.25) is 0 Å². The molecule has 0 spiro atoms. The average molecular weight is 135 g/mol. The molecule has 0 fully saturated rings. The van der Waals surface area contributed by atoms with E-state index in [2.05, 4.69) is 19.7 Å². The zero-order valence-electron chi connectivity index (χ0n) is 6.47. The lowest BCUT2D eigenvalue weighted by Gasteiger charge is -2.07. The van der Waals surface area contributed by atoms with E-state index in [1.807, 2.05) is 18.2 Å². The van der Waals surface area contributed by atoms with Crippen molar-refractivity contribution >= 4 is 0 Å². The van der Waals surface area contributed by atoms with Crippen molar-refractivity contribution in [1.29, 1.82) is 0 Å². The molecule has 0 atom stereocenters. The maximum atomic E-state index is 3.68. The molecular weight excluding hydrogens is 120 g/mol. The van der Waals surface area contributed by atoms with Crippen LogP contribution in [-0.2, 0) is 0 Å². The van der Waals surface area contributed by atoms with E-state index in [-0.39, 0.29) is 0 Å². The molecule has 55 valence electrons. The summed E-state index contributed by atoms with van der Waals surface area (Å²) in [6, 6.07) is 0. The first-order chi connectivity index (χ1) is 4.85. The second kappa shape index (κ2) is 6.34. The minimum Gasteiger partial charge on any atom is -0.103 e. The van der Waals surface area contributed by atoms with Gasteiger partial charge >= 0.3 is 0 Å². The lowest BCUT2D eigenvalue weighted by Crippen LogP contribution is -1.91. The summed E-state index contributed by atoms with van der Waals surface area (Å²) < 4.78 is 0. The van der Waals surface area contributed by atoms with Gasteiger partial charge in [0.2, 0.25) is 0 Å². The third-order valence-corrected chi connectivity index (χ3v) is 1.30. The van der Waals surface area contributed by atoms with Gasteiger partial charge in [-0.2, -0.15) is 0 Å². The summed E-state index contributed by atoms with van der Waals surface area (Å²) in [5.41, 5.74) is 0. The fourth-order valence-corrected chi connectivity index (χ4v) is 0.862. The van der Waals surface area contributed by atoms with Gasteiger partial charge in [-0.15, -0.1) is 19.7 Å². The van der Waals surface area contributed by atoms with Gasteiger partial charge in [0.15, 0.2) is 0 Å². The minimum atomic E-state index is 0.984. The van der Waals surface area contributed by atoms with E-state index in [1.54, 1.807) is 0 Å². The zero-order valence-corrected chi connectivity index (χ0v) is 6.47. The molecule has 0 rings (SSSR count). The van der Waals surface area contributed by atoms with Crippen LogP contribution in [0.1, 0.15) is 19.3 Å². The van der Waals surface area contributed by atoms with Gasteiger partial charge in [-0.05, 0) is 25.2 Å². The van der Waals surface area contributed by atoms with Crippen molar-refractivity contribution in [2.24, 2.45) is 0 Å². The monoisotopic (exact) mass is 135 g/mol. The number of hydrogen-bond donors (Lipinski definition) is 0. The summed E-state index contributed by atoms with van der Waals surface area (Å²) in [6.45, 7) is 11.0. The molecule has 0 bridgehead atoms. The van der Waals surface area contributed by atoms with E-state index in [0.717, 1.165) is 19.3 Å². The first-order valence-corrected chi connectivity index (χ1v) is 3.51. The van der Waals surface area contributed by atoms with Crippen LogP contribution >= 0.6 is 0 Å². The second-order valence-electron chi connectivity index (χ2n) is 2.23. The molecule has 0 aromatic carbocycles. The Morgan fingerprint density at radius 2 is 1.10 bits per heavy atom. The zero-order chi connectivity index (χ0) is 7.82. The largest absolute Gasteiger partial charge is 0.103 e. The van der Waals surface area contributed by atoms with Crippen LogP contribution in [-0.4, -0.2) is 0 Å². The highest BCUT2D eigenvalue weighted by molar-refractivity contribution is 5.03. The summed E-state index contributed by atoms with van der Waals surface area (Å²) in [5.74, 6) is 1.43. The molecule has 0 heteroatoms. The predicted molar refractivity (Wildman–Crippen MR) is 47.7 cm³/mol. The van der Waals surface area contributed by atoms with E-state index in [0.29, 0.717) is 0 Å². The summed E-state index contributed by atoms with van der Waals surface area (Å²) in [4.78, 5) is 0. The molecule has 0 nitrogen and oxygen atoms in total. The molecule has 1 radical (unpaired) electrons. The SMILES string of the molecule is C=CC[C](CC=C)CC=C. The number of rotatable bonds is 6. The minimum absolute atomic E-state index is 0.984. The number of allylic oxidation sites excluding steroid dienone is 3. The van der Waals surface area contributed by atoms with Gasteiger partial charge in [-0.25, -0.2) is 0 Å². The van der Waals surface area contributed by atoms with E-state index >= 15 is 0 Å². The van der Waals surface area contributed by atoms with Gasteiger partial charge < -0.3 is 0 Å². The highest BCUT2D eigenvalue weighted by Crippen LogP contribution is 2.16. The Labute approximate surface area is 64.0 Å². The van der Waals surface area contributed by atoms with Gasteiger partial charge in [0.1, 0.15) is 0 Å². The molecule has 0 aromatic heterocycles. The fourth-order valence-electron chi connectivity index (χ4n) is 0.862. The molecule has 0 aromatic rings. The molecule has 0 unspecified atom stereocenters. The van der Waals surface area contributed by atoms with E-state index in [1.165, 1.54) is 5.92 Å². The lowest BCUT2D eigenvalue weighted by molar-refractivity contribution is 0.848. The Balaban J connectivity index is 3.58. The van der Waals surface area contributed by atoms with Crippen LogP contribution in [0.4, 0.5) is 0 Å². The Kier molecular flexibility index (Phi) is 5.85. The van der Waals surface area contributed by atoms with Gasteiger partial charge in [-0.1, -0.05) is 18.2 Å². The van der Waals surface area contributed by atoms with Crippen molar-refractivity contribution < 1.29 is 0 Å². The van der Waals surface area contributed by atoms with Crippen LogP contribution in [0.15, 0.2) is 38.0 Å². The number of hydrogen-bond acceptors (Lipinski definition) is 0. The van der Waals surface area contributed by atoms with E-state index in [9.17, 15) is 0 Å². The Morgan fingerprint density at radius 3 is 1.30 bits per heavy atom. The van der Waals surface area contributed by atoms with Gasteiger partial charge in [0, 0.05) is 0 Å². The first-order valence-electron chi connectivity index (χ1n) is 3.51. The van der Waals surface area contributed by atoms with Crippen molar-refractivity contribution in [3.05, 3.63) is 43.9 Å². The quantitative estimate of drug-likeness (QED) is 0.490. The maximum Gasteiger partial charge on any atom is -0.0129 e. The Morgan fingerprint density at radius 1 is 0.800 bits per heavy atom. The topological polar surface area (TPSA) is 0 Å². The molecule has 10 heavy (non-hydrogen) atoms. The fraction of sp³-hybridized carbons (Fsp3) is 0.300. The van der Waals surface area contributed by atoms with Crippen LogP contribution < -0.4 is 0 Å². The van der Waals surface area contributed by atoms with E-state index in [4.69, 9.17) is 0 Å². The van der Waals surface area contributed by atoms with Crippen LogP contribution in [0.5, 0.6) is 0 Å². The molecule has 0 aliphatic rings.